The summed E-state index contributed by atoms with van der Waals surface area (Å²) >= 11 is 6.00. The number of hydrogen-bond acceptors (Lipinski definition) is 3. The van der Waals surface area contributed by atoms with E-state index in [4.69, 9.17) is 16.3 Å². The van der Waals surface area contributed by atoms with Crippen molar-refractivity contribution in [3.8, 4) is 11.6 Å². The number of aryl methyl sites for hydroxylation is 1. The zero-order chi connectivity index (χ0) is 17.3. The van der Waals surface area contributed by atoms with Gasteiger partial charge in [0.05, 0.1) is 18.3 Å². The van der Waals surface area contributed by atoms with Gasteiger partial charge in [-0.25, -0.2) is 0 Å². The Kier molecular flexibility index (Phi) is 4.36. The van der Waals surface area contributed by atoms with Crippen LogP contribution in [0.3, 0.4) is 0 Å². The number of aromatic nitrogens is 1. The molecule has 3 rings (SSSR count). The molecule has 0 saturated heterocycles. The number of nitrogens with zero attached hydrogens (tertiary/aromatic N) is 1. The zero-order valence-electron chi connectivity index (χ0n) is 13.3. The number of hydrogen-bond donors (Lipinski definition) is 2. The maximum absolute atomic E-state index is 12.8. The fourth-order valence-electron chi connectivity index (χ4n) is 2.80. The normalized spacial score (nSPS) is 10.8. The largest absolute Gasteiger partial charge is 0.495 e. The van der Waals surface area contributed by atoms with Crippen LogP contribution in [0.25, 0.3) is 10.9 Å². The van der Waals surface area contributed by atoms with E-state index in [1.807, 2.05) is 31.2 Å². The van der Waals surface area contributed by atoms with Crippen molar-refractivity contribution in [2.24, 2.45) is 0 Å². The molecule has 0 saturated carbocycles. The van der Waals surface area contributed by atoms with Crippen LogP contribution in [0.2, 0.25) is 5.02 Å². The summed E-state index contributed by atoms with van der Waals surface area (Å²) < 4.78 is 6.93. The van der Waals surface area contributed by atoms with Crippen molar-refractivity contribution < 1.29 is 14.6 Å². The fourth-order valence-corrected chi connectivity index (χ4v) is 2.97. The average Bonchev–Trinajstić information content (AvgIpc) is 2.86. The predicted octanol–water partition coefficient (Wildman–Crippen LogP) is 4.28. The molecular formula is C18H17ClN2O3. The lowest BCUT2D eigenvalue weighted by atomic mass is 10.1. The maximum Gasteiger partial charge on any atom is 0.261 e. The summed E-state index contributed by atoms with van der Waals surface area (Å²) in [4.78, 5) is 12.8. The Morgan fingerprint density at radius 3 is 2.75 bits per heavy atom. The minimum Gasteiger partial charge on any atom is -0.495 e. The van der Waals surface area contributed by atoms with Gasteiger partial charge in [-0.1, -0.05) is 29.8 Å². The predicted molar refractivity (Wildman–Crippen MR) is 95.2 cm³/mol. The summed E-state index contributed by atoms with van der Waals surface area (Å²) in [7, 11) is 1.51. The molecule has 0 unspecified atom stereocenters. The van der Waals surface area contributed by atoms with Gasteiger partial charge < -0.3 is 19.7 Å². The molecule has 2 aromatic carbocycles. The number of nitrogens with one attached hydrogen (secondary N) is 1. The summed E-state index contributed by atoms with van der Waals surface area (Å²) in [5, 5.41) is 14.4. The Labute approximate surface area is 144 Å². The van der Waals surface area contributed by atoms with Crippen LogP contribution in [0.5, 0.6) is 11.6 Å². The van der Waals surface area contributed by atoms with Crippen LogP contribution >= 0.6 is 11.6 Å². The van der Waals surface area contributed by atoms with Gasteiger partial charge in [-0.05, 0) is 31.2 Å². The van der Waals surface area contributed by atoms with Crippen molar-refractivity contribution in [3.05, 3.63) is 53.1 Å². The number of aromatic hydroxyl groups is 1. The first kappa shape index (κ1) is 16.2. The molecule has 1 heterocycles. The Morgan fingerprint density at radius 1 is 1.29 bits per heavy atom. The van der Waals surface area contributed by atoms with Crippen LogP contribution in [-0.4, -0.2) is 22.7 Å². The van der Waals surface area contributed by atoms with Gasteiger partial charge in [-0.3, -0.25) is 4.79 Å². The quantitative estimate of drug-likeness (QED) is 0.742. The first-order valence-corrected chi connectivity index (χ1v) is 7.89. The number of ether oxygens (including phenoxy) is 1. The Bertz CT molecular complexity index is 918. The smallest absolute Gasteiger partial charge is 0.261 e. The highest BCUT2D eigenvalue weighted by atomic mass is 35.5. The number of carbonyl (C=O) groups is 1. The Morgan fingerprint density at radius 2 is 2.04 bits per heavy atom. The van der Waals surface area contributed by atoms with Gasteiger partial charge >= 0.3 is 0 Å². The highest BCUT2D eigenvalue weighted by Crippen LogP contribution is 2.33. The van der Waals surface area contributed by atoms with E-state index in [2.05, 4.69) is 5.32 Å². The van der Waals surface area contributed by atoms with E-state index in [0.29, 0.717) is 28.4 Å². The monoisotopic (exact) mass is 344 g/mol. The van der Waals surface area contributed by atoms with E-state index < -0.39 is 5.91 Å². The summed E-state index contributed by atoms with van der Waals surface area (Å²) in [6.07, 6.45) is 0. The average molecular weight is 345 g/mol. The Hall–Kier alpha value is -2.66. The van der Waals surface area contributed by atoms with Crippen molar-refractivity contribution in [3.63, 3.8) is 0 Å². The van der Waals surface area contributed by atoms with Crippen LogP contribution in [0.4, 0.5) is 5.69 Å². The van der Waals surface area contributed by atoms with Gasteiger partial charge in [0.2, 0.25) is 5.88 Å². The number of halogens is 1. The van der Waals surface area contributed by atoms with Crippen LogP contribution < -0.4 is 10.1 Å². The molecule has 0 radical (unpaired) electrons. The second kappa shape index (κ2) is 6.45. The van der Waals surface area contributed by atoms with Crippen molar-refractivity contribution >= 4 is 34.1 Å². The van der Waals surface area contributed by atoms with Crippen LogP contribution in [0, 0.1) is 0 Å². The molecule has 5 nitrogen and oxygen atoms in total. The standard InChI is InChI=1S/C18H17ClN2O3/c1-3-21-14-7-5-4-6-12(14)16(18(21)23)17(22)20-13-10-11(19)8-9-15(13)24-2/h4-10,23H,3H2,1-2H3,(H,20,22). The molecule has 0 fully saturated rings. The van der Waals surface area contributed by atoms with Crippen LogP contribution in [-0.2, 0) is 6.54 Å². The van der Waals surface area contributed by atoms with Crippen molar-refractivity contribution in [2.75, 3.05) is 12.4 Å². The van der Waals surface area contributed by atoms with Crippen molar-refractivity contribution in [2.45, 2.75) is 13.5 Å². The lowest BCUT2D eigenvalue weighted by Gasteiger charge is -2.10. The number of rotatable bonds is 4. The number of amides is 1. The van der Waals surface area contributed by atoms with Crippen LogP contribution in [0.1, 0.15) is 17.3 Å². The molecule has 0 aliphatic heterocycles. The van der Waals surface area contributed by atoms with Gasteiger partial charge in [0.15, 0.2) is 0 Å². The molecule has 3 aromatic rings. The minimum atomic E-state index is -0.420. The number of para-hydroxylation sites is 1. The summed E-state index contributed by atoms with van der Waals surface area (Å²) in [6, 6.07) is 12.3. The van der Waals surface area contributed by atoms with E-state index in [0.717, 1.165) is 5.52 Å². The number of anilines is 1. The number of methoxy groups -OCH3 is 1. The highest BCUT2D eigenvalue weighted by Gasteiger charge is 2.22. The first-order chi connectivity index (χ1) is 11.6. The van der Waals surface area contributed by atoms with E-state index in [9.17, 15) is 9.90 Å². The highest BCUT2D eigenvalue weighted by molar-refractivity contribution is 6.31. The molecule has 0 aliphatic carbocycles. The molecule has 0 spiro atoms. The third-order valence-corrected chi connectivity index (χ3v) is 4.13. The third kappa shape index (κ3) is 2.67. The lowest BCUT2D eigenvalue weighted by Crippen LogP contribution is -2.12. The number of fused-ring (bicyclic) bond motifs is 1. The van der Waals surface area contributed by atoms with Crippen molar-refractivity contribution in [1.29, 1.82) is 0 Å². The molecule has 124 valence electrons. The molecule has 24 heavy (non-hydrogen) atoms. The summed E-state index contributed by atoms with van der Waals surface area (Å²) in [5.41, 5.74) is 1.48. The zero-order valence-corrected chi connectivity index (χ0v) is 14.1. The first-order valence-electron chi connectivity index (χ1n) is 7.52. The topological polar surface area (TPSA) is 63.5 Å². The van der Waals surface area contributed by atoms with E-state index >= 15 is 0 Å². The second-order valence-corrected chi connectivity index (χ2v) is 5.70. The molecule has 0 aliphatic rings. The van der Waals surface area contributed by atoms with E-state index in [1.165, 1.54) is 7.11 Å². The lowest BCUT2D eigenvalue weighted by molar-refractivity contribution is 0.102. The van der Waals surface area contributed by atoms with Crippen LogP contribution in [0.15, 0.2) is 42.5 Å². The second-order valence-electron chi connectivity index (χ2n) is 5.26. The maximum atomic E-state index is 12.8. The van der Waals surface area contributed by atoms with Gasteiger partial charge in [-0.2, -0.15) is 0 Å². The summed E-state index contributed by atoms with van der Waals surface area (Å²) in [6.45, 7) is 2.47. The molecule has 0 bridgehead atoms. The molecule has 1 amide bonds. The van der Waals surface area contributed by atoms with Gasteiger partial charge in [0.25, 0.3) is 5.91 Å². The molecule has 6 heteroatoms. The number of carbonyl (C=O) groups excluding carboxylic acids is 1. The fraction of sp³-hybridized carbons (Fsp3) is 0.167. The van der Waals surface area contributed by atoms with Gasteiger partial charge in [0, 0.05) is 17.0 Å². The Balaban J connectivity index is 2.07. The van der Waals surface area contributed by atoms with Gasteiger partial charge in [0.1, 0.15) is 11.3 Å². The minimum absolute atomic E-state index is 0.0582. The number of benzene rings is 2. The molecule has 2 N–H and O–H groups in total. The molecular weight excluding hydrogens is 328 g/mol. The third-order valence-electron chi connectivity index (χ3n) is 3.90. The van der Waals surface area contributed by atoms with E-state index in [-0.39, 0.29) is 11.4 Å². The van der Waals surface area contributed by atoms with Crippen molar-refractivity contribution in [1.82, 2.24) is 4.57 Å². The molecule has 1 aromatic heterocycles. The van der Waals surface area contributed by atoms with E-state index in [1.54, 1.807) is 22.8 Å². The molecule has 0 atom stereocenters. The SMILES string of the molecule is CCn1c(O)c(C(=O)Nc2cc(Cl)ccc2OC)c2ccccc21. The summed E-state index contributed by atoms with van der Waals surface area (Å²) in [5.74, 6) is 0.0140. The van der Waals surface area contributed by atoms with Gasteiger partial charge in [-0.15, -0.1) is 0 Å².